The third-order valence-electron chi connectivity index (χ3n) is 5.20. The molecule has 1 aliphatic heterocycles. The second kappa shape index (κ2) is 8.26. The van der Waals surface area contributed by atoms with Gasteiger partial charge in [-0.15, -0.1) is 0 Å². The van der Waals surface area contributed by atoms with E-state index in [1.807, 2.05) is 61.5 Å². The van der Waals surface area contributed by atoms with E-state index < -0.39 is 5.97 Å². The zero-order valence-electron chi connectivity index (χ0n) is 16.7. The minimum Gasteiger partial charge on any atom is -0.465 e. The van der Waals surface area contributed by atoms with Crippen molar-refractivity contribution >= 4 is 18.0 Å². The summed E-state index contributed by atoms with van der Waals surface area (Å²) in [5.41, 5.74) is 4.42. The van der Waals surface area contributed by atoms with Gasteiger partial charge in [-0.1, -0.05) is 61.5 Å². The third kappa shape index (κ3) is 3.63. The van der Waals surface area contributed by atoms with E-state index >= 15 is 0 Å². The Morgan fingerprint density at radius 3 is 2.32 bits per heavy atom. The Hall–Kier alpha value is -3.14. The Kier molecular flexibility index (Phi) is 5.78. The number of benzene rings is 2. The fraction of sp³-hybridized carbons (Fsp3) is 0.250. The van der Waals surface area contributed by atoms with E-state index in [0.717, 1.165) is 17.5 Å². The van der Waals surface area contributed by atoms with E-state index in [1.54, 1.807) is 17.9 Å². The smallest absolute Gasteiger partial charge is 0.340 e. The monoisotopic (exact) mass is 375 g/mol. The molecular formula is C24H25NO3. The molecular weight excluding hydrogens is 350 g/mol. The van der Waals surface area contributed by atoms with Crippen LogP contribution in [0.15, 0.2) is 71.4 Å². The van der Waals surface area contributed by atoms with E-state index in [0.29, 0.717) is 16.8 Å². The zero-order valence-corrected chi connectivity index (χ0v) is 16.7. The first-order chi connectivity index (χ1) is 13.5. The quantitative estimate of drug-likeness (QED) is 0.563. The second-order valence-electron chi connectivity index (χ2n) is 6.87. The van der Waals surface area contributed by atoms with Gasteiger partial charge in [0.1, 0.15) is 0 Å². The molecule has 1 aliphatic rings. The molecule has 0 saturated carbocycles. The maximum atomic E-state index is 13.3. The molecule has 4 nitrogen and oxygen atoms in total. The van der Waals surface area contributed by atoms with Gasteiger partial charge in [0.25, 0.3) is 5.91 Å². The van der Waals surface area contributed by atoms with Gasteiger partial charge in [0.15, 0.2) is 0 Å². The molecule has 2 aromatic carbocycles. The minimum atomic E-state index is -0.495. The lowest BCUT2D eigenvalue weighted by Crippen LogP contribution is -2.28. The number of hydrogen-bond acceptors (Lipinski definition) is 3. The number of ether oxygens (including phenoxy) is 1. The molecule has 144 valence electrons. The van der Waals surface area contributed by atoms with Gasteiger partial charge in [-0.25, -0.2) is 4.79 Å². The van der Waals surface area contributed by atoms with Gasteiger partial charge in [0, 0.05) is 5.70 Å². The van der Waals surface area contributed by atoms with E-state index in [-0.39, 0.29) is 11.9 Å². The standard InChI is InChI=1S/C24H25NO3/c1-5-18-11-13-19(14-12-18)15-21-22(24(27)28-4)17(3)25(23(21)26)16(2)20-9-7-6-8-10-20/h6-16H,5H2,1-4H3/b21-15-/t16-/m0/s1. The van der Waals surface area contributed by atoms with Crippen molar-refractivity contribution < 1.29 is 14.3 Å². The van der Waals surface area contributed by atoms with E-state index in [2.05, 4.69) is 6.92 Å². The van der Waals surface area contributed by atoms with Crippen molar-refractivity contribution in [2.24, 2.45) is 0 Å². The first-order valence-corrected chi connectivity index (χ1v) is 9.46. The van der Waals surface area contributed by atoms with Gasteiger partial charge in [0.05, 0.1) is 24.3 Å². The summed E-state index contributed by atoms with van der Waals surface area (Å²) in [6.07, 6.45) is 2.72. The van der Waals surface area contributed by atoms with Gasteiger partial charge in [0.2, 0.25) is 0 Å². The van der Waals surface area contributed by atoms with Crippen molar-refractivity contribution in [3.63, 3.8) is 0 Å². The lowest BCUT2D eigenvalue weighted by atomic mass is 10.0. The van der Waals surface area contributed by atoms with Crippen LogP contribution >= 0.6 is 0 Å². The normalized spacial score (nSPS) is 16.6. The Labute approximate surface area is 166 Å². The van der Waals surface area contributed by atoms with Crippen LogP contribution in [0.1, 0.15) is 43.5 Å². The Morgan fingerprint density at radius 1 is 1.11 bits per heavy atom. The SMILES string of the molecule is CCc1ccc(/C=C2\C(=O)N([C@@H](C)c3ccccc3)C(C)=C2C(=O)OC)cc1. The van der Waals surface area contributed by atoms with Crippen LogP contribution in [-0.4, -0.2) is 23.9 Å². The maximum absolute atomic E-state index is 13.3. The average molecular weight is 375 g/mol. The summed E-state index contributed by atoms with van der Waals surface area (Å²) in [5, 5.41) is 0. The molecule has 0 aliphatic carbocycles. The Bertz CT molecular complexity index is 940. The largest absolute Gasteiger partial charge is 0.465 e. The van der Waals surface area contributed by atoms with Gasteiger partial charge in [-0.2, -0.15) is 0 Å². The number of aryl methyl sites for hydroxylation is 1. The van der Waals surface area contributed by atoms with Gasteiger partial charge in [-0.05, 0) is 43.0 Å². The molecule has 1 amide bonds. The van der Waals surface area contributed by atoms with Crippen LogP contribution < -0.4 is 0 Å². The molecule has 0 unspecified atom stereocenters. The molecule has 2 aromatic rings. The molecule has 3 rings (SSSR count). The molecule has 0 saturated heterocycles. The van der Waals surface area contributed by atoms with E-state index in [4.69, 9.17) is 4.74 Å². The fourth-order valence-electron chi connectivity index (χ4n) is 3.56. The summed E-state index contributed by atoms with van der Waals surface area (Å²) >= 11 is 0. The fourth-order valence-corrected chi connectivity index (χ4v) is 3.56. The number of hydrogen-bond donors (Lipinski definition) is 0. The van der Waals surface area contributed by atoms with E-state index in [9.17, 15) is 9.59 Å². The number of carbonyl (C=O) groups excluding carboxylic acids is 2. The number of carbonyl (C=O) groups is 2. The van der Waals surface area contributed by atoms with Crippen LogP contribution in [-0.2, 0) is 20.7 Å². The highest BCUT2D eigenvalue weighted by Crippen LogP contribution is 2.37. The number of amides is 1. The summed E-state index contributed by atoms with van der Waals surface area (Å²) in [6.45, 7) is 5.85. The lowest BCUT2D eigenvalue weighted by molar-refractivity contribution is -0.136. The summed E-state index contributed by atoms with van der Waals surface area (Å²) in [4.78, 5) is 27.4. The van der Waals surface area contributed by atoms with Crippen LogP contribution in [0.4, 0.5) is 0 Å². The number of nitrogens with zero attached hydrogens (tertiary/aromatic N) is 1. The molecule has 4 heteroatoms. The van der Waals surface area contributed by atoms with Crippen LogP contribution in [0.25, 0.3) is 6.08 Å². The zero-order chi connectivity index (χ0) is 20.3. The Morgan fingerprint density at radius 2 is 1.75 bits per heavy atom. The molecule has 0 N–H and O–H groups in total. The molecule has 0 fully saturated rings. The molecule has 28 heavy (non-hydrogen) atoms. The first-order valence-electron chi connectivity index (χ1n) is 9.46. The minimum absolute atomic E-state index is 0.186. The number of allylic oxidation sites excluding steroid dienone is 1. The molecule has 0 aromatic heterocycles. The maximum Gasteiger partial charge on any atom is 0.340 e. The van der Waals surface area contributed by atoms with Crippen molar-refractivity contribution in [2.75, 3.05) is 7.11 Å². The number of methoxy groups -OCH3 is 1. The number of rotatable bonds is 5. The molecule has 1 heterocycles. The predicted molar refractivity (Wildman–Crippen MR) is 110 cm³/mol. The summed E-state index contributed by atoms with van der Waals surface area (Å²) < 4.78 is 4.97. The van der Waals surface area contributed by atoms with Gasteiger partial charge < -0.3 is 9.64 Å². The highest BCUT2D eigenvalue weighted by atomic mass is 16.5. The molecule has 0 spiro atoms. The first kappa shape index (κ1) is 19.6. The van der Waals surface area contributed by atoms with Crippen LogP contribution in [0.5, 0.6) is 0 Å². The van der Waals surface area contributed by atoms with Gasteiger partial charge >= 0.3 is 5.97 Å². The highest BCUT2D eigenvalue weighted by molar-refractivity contribution is 6.16. The Balaban J connectivity index is 2.05. The number of esters is 1. The second-order valence-corrected chi connectivity index (χ2v) is 6.87. The van der Waals surface area contributed by atoms with Gasteiger partial charge in [-0.3, -0.25) is 4.79 Å². The molecule has 0 radical (unpaired) electrons. The molecule has 1 atom stereocenters. The summed E-state index contributed by atoms with van der Waals surface area (Å²) in [6, 6.07) is 17.6. The third-order valence-corrected chi connectivity index (χ3v) is 5.20. The van der Waals surface area contributed by atoms with Crippen molar-refractivity contribution in [1.82, 2.24) is 4.90 Å². The van der Waals surface area contributed by atoms with Crippen molar-refractivity contribution in [3.05, 3.63) is 88.1 Å². The van der Waals surface area contributed by atoms with Crippen LogP contribution in [0, 0.1) is 0 Å². The van der Waals surface area contributed by atoms with Crippen molar-refractivity contribution in [2.45, 2.75) is 33.2 Å². The summed E-state index contributed by atoms with van der Waals surface area (Å²) in [7, 11) is 1.34. The lowest BCUT2D eigenvalue weighted by Gasteiger charge is -2.26. The van der Waals surface area contributed by atoms with Crippen LogP contribution in [0.3, 0.4) is 0 Å². The topological polar surface area (TPSA) is 46.6 Å². The van der Waals surface area contributed by atoms with Crippen molar-refractivity contribution in [3.8, 4) is 0 Å². The van der Waals surface area contributed by atoms with E-state index in [1.165, 1.54) is 12.7 Å². The summed E-state index contributed by atoms with van der Waals surface area (Å²) in [5.74, 6) is -0.682. The predicted octanol–water partition coefficient (Wildman–Crippen LogP) is 4.68. The molecule has 0 bridgehead atoms. The van der Waals surface area contributed by atoms with Crippen LogP contribution in [0.2, 0.25) is 0 Å². The highest BCUT2D eigenvalue weighted by Gasteiger charge is 2.39. The average Bonchev–Trinajstić information content (AvgIpc) is 2.97. The van der Waals surface area contributed by atoms with Crippen molar-refractivity contribution in [1.29, 1.82) is 0 Å².